The molecule has 0 aliphatic carbocycles. The minimum absolute atomic E-state index is 0.0985. The zero-order chi connectivity index (χ0) is 18.5. The van der Waals surface area contributed by atoms with E-state index < -0.39 is 0 Å². The summed E-state index contributed by atoms with van der Waals surface area (Å²) >= 11 is 0. The van der Waals surface area contributed by atoms with Crippen LogP contribution < -0.4 is 5.32 Å². The maximum absolute atomic E-state index is 12.2. The van der Waals surface area contributed by atoms with Crippen LogP contribution in [0.3, 0.4) is 0 Å². The highest BCUT2D eigenvalue weighted by Crippen LogP contribution is 2.36. The quantitative estimate of drug-likeness (QED) is 0.779. The molecule has 2 saturated heterocycles. The van der Waals surface area contributed by atoms with Crippen molar-refractivity contribution in [3.05, 3.63) is 53.7 Å². The third-order valence-electron chi connectivity index (χ3n) is 6.23. The number of nitrogens with zero attached hydrogens (tertiary/aromatic N) is 1. The molecule has 0 radical (unpaired) electrons. The summed E-state index contributed by atoms with van der Waals surface area (Å²) in [6.45, 7) is 2.51. The third-order valence-corrected chi connectivity index (χ3v) is 6.23. The fraction of sp³-hybridized carbons (Fsp3) is 0.522. The number of anilines is 1. The smallest absolute Gasteiger partial charge is 0.225 e. The first-order valence-electron chi connectivity index (χ1n) is 10.5. The number of nitrogens with one attached hydrogen (secondary N) is 2. The largest absolute Gasteiger partial charge is 0.348 e. The molecule has 0 bridgehead atoms. The SMILES string of the molecule is O=C(CCCc1ccccc1)Nc1cc(C2CCN3CCCCC3C2)c[nH]1. The van der Waals surface area contributed by atoms with Crippen LogP contribution in [0.1, 0.15) is 62.0 Å². The molecule has 1 aromatic heterocycles. The zero-order valence-electron chi connectivity index (χ0n) is 16.1. The summed E-state index contributed by atoms with van der Waals surface area (Å²) in [5.74, 6) is 1.58. The molecule has 0 spiro atoms. The van der Waals surface area contributed by atoms with Crippen molar-refractivity contribution < 1.29 is 4.79 Å². The molecule has 2 aliphatic rings. The molecule has 2 aliphatic heterocycles. The summed E-state index contributed by atoms with van der Waals surface area (Å²) in [6.07, 6.45) is 11.1. The van der Waals surface area contributed by atoms with Crippen molar-refractivity contribution in [1.29, 1.82) is 0 Å². The number of aryl methyl sites for hydroxylation is 1. The number of aromatic amines is 1. The fourth-order valence-electron chi connectivity index (χ4n) is 4.72. The number of aromatic nitrogens is 1. The topological polar surface area (TPSA) is 48.1 Å². The van der Waals surface area contributed by atoms with E-state index in [0.717, 1.165) is 24.7 Å². The summed E-state index contributed by atoms with van der Waals surface area (Å²) in [6, 6.07) is 13.3. The number of amides is 1. The highest BCUT2D eigenvalue weighted by molar-refractivity contribution is 5.89. The molecule has 4 heteroatoms. The summed E-state index contributed by atoms with van der Waals surface area (Å²) in [5, 5.41) is 3.04. The maximum atomic E-state index is 12.2. The highest BCUT2D eigenvalue weighted by atomic mass is 16.1. The standard InChI is InChI=1S/C23H31N3O/c27-23(11-6-9-18-7-2-1-3-8-18)25-22-16-20(17-24-22)19-12-14-26-13-5-4-10-21(26)15-19/h1-3,7-8,16-17,19,21,24H,4-6,9-15H2,(H,25,27). The second kappa shape index (κ2) is 8.75. The summed E-state index contributed by atoms with van der Waals surface area (Å²) in [5.41, 5.74) is 2.65. The van der Waals surface area contributed by atoms with Crippen LogP contribution in [0.25, 0.3) is 0 Å². The van der Waals surface area contributed by atoms with Crippen molar-refractivity contribution >= 4 is 11.7 Å². The zero-order valence-corrected chi connectivity index (χ0v) is 16.1. The molecule has 3 heterocycles. The summed E-state index contributed by atoms with van der Waals surface area (Å²) < 4.78 is 0. The van der Waals surface area contributed by atoms with Gasteiger partial charge in [0, 0.05) is 18.7 Å². The lowest BCUT2D eigenvalue weighted by atomic mass is 9.83. The Morgan fingerprint density at radius 2 is 2.04 bits per heavy atom. The van der Waals surface area contributed by atoms with Crippen LogP contribution in [-0.2, 0) is 11.2 Å². The second-order valence-corrected chi connectivity index (χ2v) is 8.14. The number of carbonyl (C=O) groups excluding carboxylic acids is 1. The monoisotopic (exact) mass is 365 g/mol. The van der Waals surface area contributed by atoms with E-state index >= 15 is 0 Å². The van der Waals surface area contributed by atoms with Gasteiger partial charge in [0.25, 0.3) is 0 Å². The Labute approximate surface area is 162 Å². The number of piperidine rings is 2. The molecule has 144 valence electrons. The molecule has 2 aromatic rings. The lowest BCUT2D eigenvalue weighted by Crippen LogP contribution is -2.44. The Bertz CT molecular complexity index is 739. The predicted molar refractivity (Wildman–Crippen MR) is 110 cm³/mol. The van der Waals surface area contributed by atoms with Crippen molar-refractivity contribution in [3.63, 3.8) is 0 Å². The third kappa shape index (κ3) is 4.81. The molecule has 4 rings (SSSR count). The van der Waals surface area contributed by atoms with Crippen molar-refractivity contribution in [3.8, 4) is 0 Å². The van der Waals surface area contributed by atoms with Gasteiger partial charge in [-0.25, -0.2) is 0 Å². The van der Waals surface area contributed by atoms with Crippen LogP contribution in [0.4, 0.5) is 5.82 Å². The highest BCUT2D eigenvalue weighted by Gasteiger charge is 2.31. The lowest BCUT2D eigenvalue weighted by molar-refractivity contribution is -0.116. The Balaban J connectivity index is 1.24. The van der Waals surface area contributed by atoms with Gasteiger partial charge in [-0.05, 0) is 74.7 Å². The molecule has 0 saturated carbocycles. The van der Waals surface area contributed by atoms with Gasteiger partial charge in [-0.2, -0.15) is 0 Å². The van der Waals surface area contributed by atoms with E-state index in [1.54, 1.807) is 0 Å². The molecule has 2 fully saturated rings. The average Bonchev–Trinajstić information content (AvgIpc) is 3.17. The van der Waals surface area contributed by atoms with Gasteiger partial charge in [-0.15, -0.1) is 0 Å². The van der Waals surface area contributed by atoms with Crippen LogP contribution in [0.15, 0.2) is 42.6 Å². The number of carbonyl (C=O) groups is 1. The Kier molecular flexibility index (Phi) is 5.93. The molecular formula is C23H31N3O. The summed E-state index contributed by atoms with van der Waals surface area (Å²) in [7, 11) is 0. The Hall–Kier alpha value is -2.07. The van der Waals surface area contributed by atoms with Gasteiger partial charge in [-0.1, -0.05) is 36.8 Å². The van der Waals surface area contributed by atoms with Crippen LogP contribution in [-0.4, -0.2) is 34.9 Å². The van der Waals surface area contributed by atoms with Crippen LogP contribution in [0, 0.1) is 0 Å². The van der Waals surface area contributed by atoms with Gasteiger partial charge in [0.15, 0.2) is 0 Å². The number of H-pyrrole nitrogens is 1. The summed E-state index contributed by atoms with van der Waals surface area (Å²) in [4.78, 5) is 18.2. The van der Waals surface area contributed by atoms with Crippen LogP contribution in [0.2, 0.25) is 0 Å². The first-order valence-corrected chi connectivity index (χ1v) is 10.5. The van der Waals surface area contributed by atoms with E-state index in [2.05, 4.69) is 39.6 Å². The van der Waals surface area contributed by atoms with E-state index in [-0.39, 0.29) is 5.91 Å². The number of fused-ring (bicyclic) bond motifs is 1. The molecule has 2 N–H and O–H groups in total. The minimum Gasteiger partial charge on any atom is -0.348 e. The molecule has 1 aromatic carbocycles. The van der Waals surface area contributed by atoms with Crippen molar-refractivity contribution in [2.45, 2.75) is 63.3 Å². The second-order valence-electron chi connectivity index (χ2n) is 8.14. The number of hydrogen-bond acceptors (Lipinski definition) is 2. The number of hydrogen-bond donors (Lipinski definition) is 2. The first-order chi connectivity index (χ1) is 13.3. The first kappa shape index (κ1) is 18.3. The number of rotatable bonds is 6. The maximum Gasteiger partial charge on any atom is 0.225 e. The minimum atomic E-state index is 0.0985. The molecule has 2 atom stereocenters. The van der Waals surface area contributed by atoms with E-state index in [9.17, 15) is 4.79 Å². The van der Waals surface area contributed by atoms with Crippen molar-refractivity contribution in [2.24, 2.45) is 0 Å². The fourth-order valence-corrected chi connectivity index (χ4v) is 4.72. The van der Waals surface area contributed by atoms with Gasteiger partial charge in [-0.3, -0.25) is 4.79 Å². The number of benzene rings is 1. The van der Waals surface area contributed by atoms with Crippen LogP contribution >= 0.6 is 0 Å². The van der Waals surface area contributed by atoms with Crippen LogP contribution in [0.5, 0.6) is 0 Å². The van der Waals surface area contributed by atoms with Gasteiger partial charge in [0.1, 0.15) is 5.82 Å². The molecule has 4 nitrogen and oxygen atoms in total. The van der Waals surface area contributed by atoms with E-state index in [0.29, 0.717) is 12.3 Å². The van der Waals surface area contributed by atoms with Gasteiger partial charge < -0.3 is 15.2 Å². The van der Waals surface area contributed by atoms with Gasteiger partial charge >= 0.3 is 0 Å². The lowest BCUT2D eigenvalue weighted by Gasteiger charge is -2.42. The van der Waals surface area contributed by atoms with Gasteiger partial charge in [0.2, 0.25) is 5.91 Å². The molecule has 1 amide bonds. The Morgan fingerprint density at radius 1 is 1.15 bits per heavy atom. The van der Waals surface area contributed by atoms with Crippen molar-refractivity contribution in [1.82, 2.24) is 9.88 Å². The van der Waals surface area contributed by atoms with E-state index in [1.807, 2.05) is 18.2 Å². The van der Waals surface area contributed by atoms with Crippen molar-refractivity contribution in [2.75, 3.05) is 18.4 Å². The average molecular weight is 366 g/mol. The Morgan fingerprint density at radius 3 is 2.93 bits per heavy atom. The van der Waals surface area contributed by atoms with E-state index in [4.69, 9.17) is 0 Å². The van der Waals surface area contributed by atoms with E-state index in [1.165, 1.54) is 56.3 Å². The molecule has 2 unspecified atom stereocenters. The predicted octanol–water partition coefficient (Wildman–Crippen LogP) is 4.71. The molecule has 27 heavy (non-hydrogen) atoms. The van der Waals surface area contributed by atoms with Gasteiger partial charge in [0.05, 0.1) is 0 Å². The normalized spacial score (nSPS) is 23.0. The molecular weight excluding hydrogens is 334 g/mol.